The van der Waals surface area contributed by atoms with Crippen LogP contribution in [0.3, 0.4) is 0 Å². The molecular weight excluding hydrogens is 938 g/mol. The minimum Gasteiger partial charge on any atom is -0.391 e. The number of benzene rings is 2. The molecule has 16 nitrogen and oxygen atoms in total. The van der Waals surface area contributed by atoms with E-state index in [9.17, 15) is 24.3 Å². The number of fused-ring (bicyclic) bond motifs is 3. The summed E-state index contributed by atoms with van der Waals surface area (Å²) in [4.78, 5) is 69.4. The van der Waals surface area contributed by atoms with Gasteiger partial charge >= 0.3 is 0 Å². The number of aryl methyl sites for hydroxylation is 3. The highest BCUT2D eigenvalue weighted by atomic mass is 35.5. The van der Waals surface area contributed by atoms with E-state index in [-0.39, 0.29) is 57.1 Å². The number of halogens is 1. The van der Waals surface area contributed by atoms with Gasteiger partial charge in [0.1, 0.15) is 35.6 Å². The van der Waals surface area contributed by atoms with Crippen molar-refractivity contribution in [3.63, 3.8) is 0 Å². The van der Waals surface area contributed by atoms with E-state index in [1.54, 1.807) is 34.6 Å². The zero-order valence-corrected chi connectivity index (χ0v) is 43.1. The van der Waals surface area contributed by atoms with Crippen LogP contribution in [-0.2, 0) is 28.7 Å². The molecule has 368 valence electrons. The number of rotatable bonds is 18. The number of likely N-dealkylation sites (N-methyl/N-ethyl adjacent to an activating group) is 1. The minimum atomic E-state index is -0.984. The highest BCUT2D eigenvalue weighted by Gasteiger charge is 2.45. The Morgan fingerprint density at radius 2 is 1.65 bits per heavy atom. The summed E-state index contributed by atoms with van der Waals surface area (Å²) in [7, 11) is 1.73. The molecule has 0 spiro atoms. The number of ether oxygens (including phenoxy) is 2. The number of aliphatic hydroxyl groups excluding tert-OH is 1. The third kappa shape index (κ3) is 12.0. The molecule has 5 heterocycles. The quantitative estimate of drug-likeness (QED) is 0.0781. The Morgan fingerprint density at radius 3 is 2.33 bits per heavy atom. The van der Waals surface area contributed by atoms with Crippen LogP contribution < -0.4 is 10.6 Å². The predicted octanol–water partition coefficient (Wildman–Crippen LogP) is 6.87. The van der Waals surface area contributed by atoms with E-state index < -0.39 is 41.5 Å². The van der Waals surface area contributed by atoms with Crippen molar-refractivity contribution < 1.29 is 33.8 Å². The summed E-state index contributed by atoms with van der Waals surface area (Å²) >= 11 is 9.48. The van der Waals surface area contributed by atoms with Crippen molar-refractivity contribution in [1.29, 1.82) is 0 Å². The normalized spacial score (nSPS) is 17.6. The number of thiazole rings is 1. The van der Waals surface area contributed by atoms with Crippen LogP contribution in [0.15, 0.2) is 59.0 Å². The molecule has 2 aliphatic rings. The number of nitrogens with zero attached hydrogens (tertiary/aromatic N) is 7. The number of carbonyl (C=O) groups excluding carboxylic acids is 4. The summed E-state index contributed by atoms with van der Waals surface area (Å²) < 4.78 is 13.5. The molecule has 0 unspecified atom stereocenters. The van der Waals surface area contributed by atoms with Gasteiger partial charge in [-0.15, -0.1) is 32.9 Å². The van der Waals surface area contributed by atoms with Gasteiger partial charge in [0.15, 0.2) is 5.82 Å². The Kier molecular flexibility index (Phi) is 16.5. The van der Waals surface area contributed by atoms with Gasteiger partial charge in [0.2, 0.25) is 23.6 Å². The summed E-state index contributed by atoms with van der Waals surface area (Å²) in [5.74, 6) is -0.109. The number of nitrogens with one attached hydrogen (secondary N) is 2. The number of aliphatic hydroxyl groups is 1. The van der Waals surface area contributed by atoms with E-state index in [4.69, 9.17) is 26.1 Å². The molecular formula is C50H62ClN9O7S2. The molecule has 3 N–H and O–H groups in total. The van der Waals surface area contributed by atoms with Gasteiger partial charge < -0.3 is 35.0 Å². The molecule has 1 saturated heterocycles. The lowest BCUT2D eigenvalue weighted by Crippen LogP contribution is -2.58. The first-order valence-corrected chi connectivity index (χ1v) is 25.2. The first-order chi connectivity index (χ1) is 32.8. The Labute approximate surface area is 416 Å². The summed E-state index contributed by atoms with van der Waals surface area (Å²) in [6, 6.07) is 12.6. The van der Waals surface area contributed by atoms with Gasteiger partial charge in [-0.1, -0.05) is 68.8 Å². The molecule has 0 radical (unpaired) electrons. The van der Waals surface area contributed by atoms with Crippen molar-refractivity contribution in [3.8, 4) is 15.4 Å². The third-order valence-electron chi connectivity index (χ3n) is 12.6. The van der Waals surface area contributed by atoms with Crippen molar-refractivity contribution in [1.82, 2.24) is 40.2 Å². The molecule has 19 heteroatoms. The maximum absolute atomic E-state index is 14.1. The second kappa shape index (κ2) is 22.2. The van der Waals surface area contributed by atoms with Gasteiger partial charge in [-0.25, -0.2) is 4.98 Å². The number of β-amino-alcohol motifs (C(OH)–C–C–N with tert-alkyl or cyclic N) is 1. The minimum absolute atomic E-state index is 0.0299. The van der Waals surface area contributed by atoms with Crippen molar-refractivity contribution >= 4 is 63.6 Å². The SMILES string of the molecule is Cc1ncsc1-c1ccc([C@H](C)NC(=O)[C@@H]2C[C@@H](O)CN2C(=O)[C@@H](NC(=O)COCCCOCCN(C)C(=O)C[C@@H]2N=C(c3ccc(Cl)cc3)c3c(sc(C)c3C)-n3c(C)nnc32)C(C)(C)C)cc1. The van der Waals surface area contributed by atoms with Crippen LogP contribution in [0.5, 0.6) is 0 Å². The van der Waals surface area contributed by atoms with Gasteiger partial charge in [0.05, 0.1) is 47.0 Å². The molecule has 1 fully saturated rings. The summed E-state index contributed by atoms with van der Waals surface area (Å²) in [6.45, 7) is 16.3. The Balaban J connectivity index is 0.853. The predicted molar refractivity (Wildman–Crippen MR) is 268 cm³/mol. The Bertz CT molecular complexity index is 2670. The van der Waals surface area contributed by atoms with Crippen LogP contribution in [-0.4, -0.2) is 129 Å². The standard InChI is InChI=1S/C50H62ClN9O7S2/c1-28-31(4)69-49-42(28)43(34-15-17-36(51)18-16-34)54-38(46-57-56-32(5)60(46)49)24-41(63)58(9)19-22-66-20-10-21-67-26-40(62)55-45(50(6,7)8)48(65)59-25-37(61)23-39(59)47(64)53-29(2)33-11-13-35(14-12-33)44-30(3)52-27-68-44/h11-18,27,29,37-39,45,61H,10,19-26H2,1-9H3,(H,53,64)(H,55,62)/t29-,37+,38-,39-,45+/m0/s1. The average Bonchev–Trinajstić information content (AvgIpc) is 4.08. The highest BCUT2D eigenvalue weighted by molar-refractivity contribution is 7.15. The molecule has 3 aromatic heterocycles. The number of aromatic nitrogens is 4. The molecule has 0 saturated carbocycles. The Morgan fingerprint density at radius 1 is 0.957 bits per heavy atom. The molecule has 5 atom stereocenters. The van der Waals surface area contributed by atoms with Gasteiger partial charge in [0.25, 0.3) is 0 Å². The van der Waals surface area contributed by atoms with Crippen molar-refractivity contribution in [3.05, 3.63) is 104 Å². The number of hydrogen-bond donors (Lipinski definition) is 3. The zero-order valence-electron chi connectivity index (χ0n) is 40.7. The maximum atomic E-state index is 14.1. The smallest absolute Gasteiger partial charge is 0.246 e. The molecule has 2 aliphatic heterocycles. The van der Waals surface area contributed by atoms with Gasteiger partial charge in [-0.2, -0.15) is 0 Å². The number of likely N-dealkylation sites (tertiary alicyclic amines) is 1. The van der Waals surface area contributed by atoms with Crippen LogP contribution in [0, 0.1) is 33.1 Å². The van der Waals surface area contributed by atoms with E-state index in [2.05, 4.69) is 39.7 Å². The molecule has 5 aromatic rings. The maximum Gasteiger partial charge on any atom is 0.246 e. The second-order valence-electron chi connectivity index (χ2n) is 18.8. The molecule has 7 rings (SSSR count). The lowest BCUT2D eigenvalue weighted by molar-refractivity contribution is -0.144. The van der Waals surface area contributed by atoms with Crippen LogP contribution in [0.4, 0.5) is 0 Å². The number of hydrogen-bond acceptors (Lipinski definition) is 13. The monoisotopic (exact) mass is 999 g/mol. The lowest BCUT2D eigenvalue weighted by atomic mass is 9.85. The molecule has 2 aromatic carbocycles. The van der Waals surface area contributed by atoms with Gasteiger partial charge in [-0.3, -0.25) is 28.7 Å². The van der Waals surface area contributed by atoms with E-state index in [0.29, 0.717) is 30.4 Å². The number of carbonyl (C=O) groups is 4. The largest absolute Gasteiger partial charge is 0.391 e. The van der Waals surface area contributed by atoms with Crippen LogP contribution in [0.1, 0.15) is 104 Å². The van der Waals surface area contributed by atoms with Crippen molar-refractivity contribution in [2.45, 2.75) is 105 Å². The highest BCUT2D eigenvalue weighted by Crippen LogP contribution is 2.40. The van der Waals surface area contributed by atoms with Crippen LogP contribution in [0.25, 0.3) is 15.4 Å². The fourth-order valence-electron chi connectivity index (χ4n) is 8.53. The summed E-state index contributed by atoms with van der Waals surface area (Å²) in [5, 5.41) is 27.0. The van der Waals surface area contributed by atoms with Crippen molar-refractivity contribution in [2.75, 3.05) is 46.6 Å². The van der Waals surface area contributed by atoms with E-state index in [1.165, 1.54) is 4.90 Å². The Hall–Kier alpha value is -5.37. The average molecular weight is 1000 g/mol. The molecule has 0 aliphatic carbocycles. The zero-order chi connectivity index (χ0) is 49.7. The molecule has 69 heavy (non-hydrogen) atoms. The van der Waals surface area contributed by atoms with Crippen LogP contribution in [0.2, 0.25) is 5.02 Å². The number of aliphatic imine (C=N–C) groups is 1. The number of thiophene rings is 1. The summed E-state index contributed by atoms with van der Waals surface area (Å²) in [6.07, 6.45) is -0.236. The van der Waals surface area contributed by atoms with Gasteiger partial charge in [0, 0.05) is 60.8 Å². The molecule has 4 amide bonds. The number of amides is 4. The van der Waals surface area contributed by atoms with E-state index >= 15 is 0 Å². The van der Waals surface area contributed by atoms with Gasteiger partial charge in [-0.05, 0) is 75.3 Å². The van der Waals surface area contributed by atoms with E-state index in [1.807, 2.05) is 100 Å². The topological polar surface area (TPSA) is 193 Å². The third-order valence-corrected chi connectivity index (χ3v) is 15.0. The van der Waals surface area contributed by atoms with Crippen LogP contribution >= 0.6 is 34.3 Å². The fraction of sp³-hybridized carbons (Fsp3) is 0.480. The lowest BCUT2D eigenvalue weighted by Gasteiger charge is -2.35. The summed E-state index contributed by atoms with van der Waals surface area (Å²) in [5.41, 5.74) is 7.78. The first kappa shape index (κ1) is 51.5. The first-order valence-electron chi connectivity index (χ1n) is 23.2. The second-order valence-corrected chi connectivity index (χ2v) is 21.3. The molecule has 0 bridgehead atoms. The fourth-order valence-corrected chi connectivity index (χ4v) is 10.7. The van der Waals surface area contributed by atoms with Crippen molar-refractivity contribution in [2.24, 2.45) is 10.4 Å². The van der Waals surface area contributed by atoms with E-state index in [0.717, 1.165) is 59.8 Å².